The first-order valence-corrected chi connectivity index (χ1v) is 7.25. The van der Waals surface area contributed by atoms with Crippen LogP contribution in [0.1, 0.15) is 11.3 Å². The van der Waals surface area contributed by atoms with E-state index in [2.05, 4.69) is 9.99 Å². The fraction of sp³-hybridized carbons (Fsp3) is 0.385. The van der Waals surface area contributed by atoms with E-state index in [0.29, 0.717) is 5.00 Å². The number of anilines is 1. The van der Waals surface area contributed by atoms with Gasteiger partial charge < -0.3 is 9.74 Å². The SMILES string of the molecule is CN(CCC(F)(F)F)c1ccc(C=C2C(=O)ON=C2C(F)(F)F)s1. The maximum atomic E-state index is 12.7. The minimum absolute atomic E-state index is 0.259. The molecule has 0 saturated carbocycles. The number of halogens is 6. The fourth-order valence-electron chi connectivity index (χ4n) is 1.79. The molecular formula is C13H10F6N2O2S. The van der Waals surface area contributed by atoms with Gasteiger partial charge in [-0.1, -0.05) is 5.16 Å². The van der Waals surface area contributed by atoms with E-state index in [1.165, 1.54) is 24.1 Å². The maximum absolute atomic E-state index is 12.7. The number of thiophene rings is 1. The highest BCUT2D eigenvalue weighted by Crippen LogP contribution is 2.32. The molecule has 4 nitrogen and oxygen atoms in total. The van der Waals surface area contributed by atoms with E-state index in [-0.39, 0.29) is 11.4 Å². The molecule has 0 N–H and O–H groups in total. The van der Waals surface area contributed by atoms with Crippen molar-refractivity contribution < 1.29 is 36.0 Å². The Morgan fingerprint density at radius 1 is 1.25 bits per heavy atom. The Labute approximate surface area is 136 Å². The van der Waals surface area contributed by atoms with Crippen LogP contribution in [0.2, 0.25) is 0 Å². The van der Waals surface area contributed by atoms with Crippen molar-refractivity contribution in [2.75, 3.05) is 18.5 Å². The summed E-state index contributed by atoms with van der Waals surface area (Å²) in [7, 11) is 1.43. The predicted octanol–water partition coefficient (Wildman–Crippen LogP) is 4.00. The molecule has 2 heterocycles. The molecule has 2 rings (SSSR count). The average Bonchev–Trinajstić information content (AvgIpc) is 3.03. The van der Waals surface area contributed by atoms with Gasteiger partial charge in [0.25, 0.3) is 0 Å². The van der Waals surface area contributed by atoms with Gasteiger partial charge in [0.1, 0.15) is 0 Å². The molecule has 1 aliphatic heterocycles. The van der Waals surface area contributed by atoms with Gasteiger partial charge in [0.15, 0.2) is 5.71 Å². The quantitative estimate of drug-likeness (QED) is 0.456. The molecule has 0 bridgehead atoms. The predicted molar refractivity (Wildman–Crippen MR) is 75.8 cm³/mol. The number of carbonyl (C=O) groups excluding carboxylic acids is 1. The highest BCUT2D eigenvalue weighted by Gasteiger charge is 2.45. The van der Waals surface area contributed by atoms with Crippen LogP contribution in [0, 0.1) is 0 Å². The molecule has 0 saturated heterocycles. The molecule has 0 amide bonds. The number of carbonyl (C=O) groups is 1. The Morgan fingerprint density at radius 3 is 2.50 bits per heavy atom. The lowest BCUT2D eigenvalue weighted by molar-refractivity contribution is -0.136. The molecule has 0 aliphatic carbocycles. The van der Waals surface area contributed by atoms with E-state index in [0.717, 1.165) is 17.4 Å². The van der Waals surface area contributed by atoms with Gasteiger partial charge in [0, 0.05) is 18.5 Å². The molecule has 0 spiro atoms. The van der Waals surface area contributed by atoms with Crippen molar-refractivity contribution in [2.24, 2.45) is 5.16 Å². The average molecular weight is 372 g/mol. The largest absolute Gasteiger partial charge is 0.437 e. The van der Waals surface area contributed by atoms with E-state index >= 15 is 0 Å². The van der Waals surface area contributed by atoms with Crippen LogP contribution in [0.4, 0.5) is 31.3 Å². The van der Waals surface area contributed by atoms with Gasteiger partial charge in [-0.3, -0.25) is 0 Å². The monoisotopic (exact) mass is 372 g/mol. The van der Waals surface area contributed by atoms with E-state index < -0.39 is 36.0 Å². The van der Waals surface area contributed by atoms with Crippen molar-refractivity contribution >= 4 is 34.1 Å². The Bertz CT molecular complexity index is 689. The van der Waals surface area contributed by atoms with Gasteiger partial charge in [0.05, 0.1) is 17.0 Å². The third kappa shape index (κ3) is 4.49. The van der Waals surface area contributed by atoms with Gasteiger partial charge in [-0.05, 0) is 18.2 Å². The minimum Gasteiger partial charge on any atom is -0.366 e. The van der Waals surface area contributed by atoms with Crippen LogP contribution >= 0.6 is 11.3 Å². The molecule has 1 aromatic rings. The second-order valence-electron chi connectivity index (χ2n) is 4.84. The Kier molecular flexibility index (Phi) is 4.92. The van der Waals surface area contributed by atoms with Crippen LogP contribution in [0.3, 0.4) is 0 Å². The first-order valence-electron chi connectivity index (χ1n) is 6.44. The van der Waals surface area contributed by atoms with Gasteiger partial charge in [0.2, 0.25) is 0 Å². The minimum atomic E-state index is -4.85. The Hall–Kier alpha value is -2.04. The third-order valence-electron chi connectivity index (χ3n) is 2.97. The zero-order chi connectivity index (χ0) is 18.1. The second-order valence-corrected chi connectivity index (χ2v) is 5.93. The third-order valence-corrected chi connectivity index (χ3v) is 4.12. The first kappa shape index (κ1) is 18.3. The molecule has 0 unspecified atom stereocenters. The molecule has 0 fully saturated rings. The lowest BCUT2D eigenvalue weighted by Crippen LogP contribution is -2.24. The molecule has 24 heavy (non-hydrogen) atoms. The van der Waals surface area contributed by atoms with Crippen molar-refractivity contribution in [3.63, 3.8) is 0 Å². The summed E-state index contributed by atoms with van der Waals surface area (Å²) in [6.07, 6.45) is -9.22. The van der Waals surface area contributed by atoms with Crippen LogP contribution in [-0.2, 0) is 9.63 Å². The number of hydrogen-bond donors (Lipinski definition) is 0. The maximum Gasteiger partial charge on any atom is 0.437 e. The van der Waals surface area contributed by atoms with Crippen LogP contribution in [-0.4, -0.2) is 37.6 Å². The van der Waals surface area contributed by atoms with E-state index in [1.54, 1.807) is 0 Å². The summed E-state index contributed by atoms with van der Waals surface area (Å²) in [4.78, 5) is 17.0. The summed E-state index contributed by atoms with van der Waals surface area (Å²) >= 11 is 0.945. The molecule has 1 aromatic heterocycles. The standard InChI is InChI=1S/C13H10F6N2O2S/c1-21(5-4-12(14,15)16)9-3-2-7(24-9)6-8-10(13(17,18)19)20-23-11(8)22/h2-3,6H,4-5H2,1H3. The summed E-state index contributed by atoms with van der Waals surface area (Å²) in [6.45, 7) is -0.294. The second kappa shape index (κ2) is 6.46. The number of oxime groups is 1. The molecule has 1 aliphatic rings. The summed E-state index contributed by atoms with van der Waals surface area (Å²) < 4.78 is 74.8. The van der Waals surface area contributed by atoms with Gasteiger partial charge in [-0.25, -0.2) is 4.79 Å². The van der Waals surface area contributed by atoms with Crippen molar-refractivity contribution in [3.05, 3.63) is 22.6 Å². The lowest BCUT2D eigenvalue weighted by atomic mass is 10.1. The zero-order valence-corrected chi connectivity index (χ0v) is 12.8. The number of nitrogens with zero attached hydrogens (tertiary/aromatic N) is 2. The molecular weight excluding hydrogens is 362 g/mol. The van der Waals surface area contributed by atoms with Crippen LogP contribution < -0.4 is 4.90 Å². The van der Waals surface area contributed by atoms with Crippen molar-refractivity contribution in [2.45, 2.75) is 18.8 Å². The van der Waals surface area contributed by atoms with E-state index in [4.69, 9.17) is 0 Å². The van der Waals surface area contributed by atoms with E-state index in [1.807, 2.05) is 0 Å². The number of alkyl halides is 6. The highest BCUT2D eigenvalue weighted by atomic mass is 32.1. The molecule has 11 heteroatoms. The normalized spacial score (nSPS) is 17.2. The molecule has 0 aromatic carbocycles. The summed E-state index contributed by atoms with van der Waals surface area (Å²) in [5.74, 6) is -1.23. The summed E-state index contributed by atoms with van der Waals surface area (Å²) in [5.41, 5.74) is -2.18. The van der Waals surface area contributed by atoms with Crippen molar-refractivity contribution in [1.82, 2.24) is 0 Å². The smallest absolute Gasteiger partial charge is 0.366 e. The Morgan fingerprint density at radius 2 is 1.92 bits per heavy atom. The summed E-state index contributed by atoms with van der Waals surface area (Å²) in [6, 6.07) is 2.86. The molecule has 0 atom stereocenters. The number of hydrogen-bond acceptors (Lipinski definition) is 5. The van der Waals surface area contributed by atoms with Crippen LogP contribution in [0.15, 0.2) is 22.9 Å². The lowest BCUT2D eigenvalue weighted by Gasteiger charge is -2.17. The van der Waals surface area contributed by atoms with Crippen molar-refractivity contribution in [1.29, 1.82) is 0 Å². The zero-order valence-electron chi connectivity index (χ0n) is 12.0. The van der Waals surface area contributed by atoms with Gasteiger partial charge in [-0.15, -0.1) is 11.3 Å². The Balaban J connectivity index is 2.16. The van der Waals surface area contributed by atoms with Gasteiger partial charge in [-0.2, -0.15) is 26.3 Å². The van der Waals surface area contributed by atoms with E-state index in [9.17, 15) is 31.1 Å². The topological polar surface area (TPSA) is 41.9 Å². The molecule has 0 radical (unpaired) electrons. The fourth-order valence-corrected chi connectivity index (χ4v) is 2.72. The van der Waals surface area contributed by atoms with Crippen LogP contribution in [0.5, 0.6) is 0 Å². The van der Waals surface area contributed by atoms with Gasteiger partial charge >= 0.3 is 18.3 Å². The highest BCUT2D eigenvalue weighted by molar-refractivity contribution is 7.17. The van der Waals surface area contributed by atoms with Crippen LogP contribution in [0.25, 0.3) is 6.08 Å². The first-order chi connectivity index (χ1) is 11.0. The number of rotatable bonds is 4. The molecule has 132 valence electrons. The van der Waals surface area contributed by atoms with Crippen molar-refractivity contribution in [3.8, 4) is 0 Å². The summed E-state index contributed by atoms with van der Waals surface area (Å²) in [5, 5.41) is 3.13.